The van der Waals surface area contributed by atoms with Gasteiger partial charge in [-0.3, -0.25) is 4.40 Å². The number of methoxy groups -OCH3 is 1. The van der Waals surface area contributed by atoms with Gasteiger partial charge in [0.25, 0.3) is 0 Å². The molecule has 2 aromatic heterocycles. The number of hydrogen-bond donors (Lipinski definition) is 0. The van der Waals surface area contributed by atoms with Gasteiger partial charge in [-0.25, -0.2) is 4.98 Å². The predicted molar refractivity (Wildman–Crippen MR) is 72.2 cm³/mol. The highest BCUT2D eigenvalue weighted by molar-refractivity contribution is 6.33. The third-order valence-corrected chi connectivity index (χ3v) is 3.09. The summed E-state index contributed by atoms with van der Waals surface area (Å²) in [6.45, 7) is 0. The molecule has 0 bridgehead atoms. The van der Waals surface area contributed by atoms with Crippen LogP contribution in [0, 0.1) is 0 Å². The Kier molecular flexibility index (Phi) is 2.68. The molecule has 0 amide bonds. The Labute approximate surface area is 110 Å². The van der Waals surface area contributed by atoms with E-state index in [0.717, 1.165) is 11.3 Å². The largest absolute Gasteiger partial charge is 0.480 e. The first kappa shape index (κ1) is 11.1. The van der Waals surface area contributed by atoms with Crippen LogP contribution in [0.2, 0.25) is 5.02 Å². The van der Waals surface area contributed by atoms with Gasteiger partial charge in [-0.15, -0.1) is 0 Å². The fourth-order valence-electron chi connectivity index (χ4n) is 1.99. The van der Waals surface area contributed by atoms with E-state index in [1.54, 1.807) is 7.11 Å². The van der Waals surface area contributed by atoms with E-state index in [1.807, 2.05) is 53.1 Å². The van der Waals surface area contributed by atoms with Crippen LogP contribution < -0.4 is 4.74 Å². The maximum Gasteiger partial charge on any atom is 0.226 e. The molecule has 0 unspecified atom stereocenters. The summed E-state index contributed by atoms with van der Waals surface area (Å²) in [5.41, 5.74) is 2.51. The third kappa shape index (κ3) is 1.64. The normalized spacial score (nSPS) is 10.8. The smallest absolute Gasteiger partial charge is 0.226 e. The van der Waals surface area contributed by atoms with Crippen LogP contribution >= 0.6 is 11.6 Å². The number of aromatic nitrogens is 2. The summed E-state index contributed by atoms with van der Waals surface area (Å²) in [4.78, 5) is 4.56. The summed E-state index contributed by atoms with van der Waals surface area (Å²) in [5, 5.41) is 0.609. The van der Waals surface area contributed by atoms with Crippen LogP contribution in [0.15, 0.2) is 48.7 Å². The van der Waals surface area contributed by atoms with E-state index in [0.29, 0.717) is 16.5 Å². The van der Waals surface area contributed by atoms with Crippen LogP contribution in [0.4, 0.5) is 0 Å². The number of halogens is 1. The van der Waals surface area contributed by atoms with Crippen molar-refractivity contribution in [1.82, 2.24) is 9.38 Å². The molecular formula is C14H11ClN2O. The van der Waals surface area contributed by atoms with Crippen LogP contribution in [0.5, 0.6) is 5.88 Å². The number of nitrogens with zero attached hydrogens (tertiary/aromatic N) is 2. The Morgan fingerprint density at radius 1 is 1.11 bits per heavy atom. The summed E-state index contributed by atoms with van der Waals surface area (Å²) >= 11 is 6.15. The molecule has 0 saturated carbocycles. The molecule has 0 aliphatic carbocycles. The van der Waals surface area contributed by atoms with Gasteiger partial charge in [0, 0.05) is 11.8 Å². The number of pyridine rings is 1. The maximum absolute atomic E-state index is 6.15. The summed E-state index contributed by atoms with van der Waals surface area (Å²) in [6.07, 6.45) is 1.89. The van der Waals surface area contributed by atoms with E-state index in [-0.39, 0.29) is 0 Å². The predicted octanol–water partition coefficient (Wildman–Crippen LogP) is 3.66. The van der Waals surface area contributed by atoms with Gasteiger partial charge in [-0.05, 0) is 12.1 Å². The lowest BCUT2D eigenvalue weighted by Crippen LogP contribution is -1.91. The molecular weight excluding hydrogens is 248 g/mol. The fraction of sp³-hybridized carbons (Fsp3) is 0.0714. The quantitative estimate of drug-likeness (QED) is 0.701. The van der Waals surface area contributed by atoms with E-state index in [2.05, 4.69) is 4.98 Å². The molecule has 0 N–H and O–H groups in total. The van der Waals surface area contributed by atoms with Crippen molar-refractivity contribution in [2.75, 3.05) is 7.11 Å². The van der Waals surface area contributed by atoms with Crippen molar-refractivity contribution in [3.05, 3.63) is 53.7 Å². The Balaban J connectivity index is 2.33. The summed E-state index contributed by atoms with van der Waals surface area (Å²) < 4.78 is 7.30. The van der Waals surface area contributed by atoms with Crippen LogP contribution in [-0.4, -0.2) is 16.5 Å². The molecule has 0 aliphatic heterocycles. The fourth-order valence-corrected chi connectivity index (χ4v) is 2.20. The first-order chi connectivity index (χ1) is 8.81. The average molecular weight is 259 g/mol. The van der Waals surface area contributed by atoms with Gasteiger partial charge < -0.3 is 4.74 Å². The second kappa shape index (κ2) is 4.35. The summed E-state index contributed by atoms with van der Waals surface area (Å²) in [6, 6.07) is 13.6. The van der Waals surface area contributed by atoms with Crippen LogP contribution in [0.3, 0.4) is 0 Å². The molecule has 0 aliphatic rings. The van der Waals surface area contributed by atoms with Crippen molar-refractivity contribution in [3.63, 3.8) is 0 Å². The van der Waals surface area contributed by atoms with Crippen molar-refractivity contribution in [1.29, 1.82) is 0 Å². The van der Waals surface area contributed by atoms with Crippen molar-refractivity contribution in [3.8, 4) is 17.1 Å². The van der Waals surface area contributed by atoms with Gasteiger partial charge >= 0.3 is 0 Å². The molecule has 18 heavy (non-hydrogen) atoms. The van der Waals surface area contributed by atoms with Gasteiger partial charge in [0.1, 0.15) is 5.69 Å². The van der Waals surface area contributed by atoms with Gasteiger partial charge in [0.2, 0.25) is 5.88 Å². The van der Waals surface area contributed by atoms with E-state index >= 15 is 0 Å². The minimum atomic E-state index is 0.609. The average Bonchev–Trinajstić information content (AvgIpc) is 2.80. The number of imidazole rings is 1. The topological polar surface area (TPSA) is 26.5 Å². The third-order valence-electron chi connectivity index (χ3n) is 2.80. The highest BCUT2D eigenvalue weighted by Crippen LogP contribution is 2.32. The Bertz CT molecular complexity index is 692. The van der Waals surface area contributed by atoms with Gasteiger partial charge in [0.15, 0.2) is 5.65 Å². The van der Waals surface area contributed by atoms with Crippen molar-refractivity contribution in [2.24, 2.45) is 0 Å². The van der Waals surface area contributed by atoms with Gasteiger partial charge in [-0.2, -0.15) is 0 Å². The summed E-state index contributed by atoms with van der Waals surface area (Å²) in [7, 11) is 1.64. The van der Waals surface area contributed by atoms with Gasteiger partial charge in [0.05, 0.1) is 12.1 Å². The molecule has 3 aromatic rings. The highest BCUT2D eigenvalue weighted by Gasteiger charge is 2.15. The molecule has 3 rings (SSSR count). The molecule has 0 fully saturated rings. The molecule has 0 radical (unpaired) electrons. The lowest BCUT2D eigenvalue weighted by Gasteiger charge is -2.02. The molecule has 2 heterocycles. The van der Waals surface area contributed by atoms with E-state index in [9.17, 15) is 0 Å². The number of fused-ring (bicyclic) bond motifs is 1. The minimum absolute atomic E-state index is 0.609. The molecule has 0 atom stereocenters. The zero-order chi connectivity index (χ0) is 12.5. The lowest BCUT2D eigenvalue weighted by molar-refractivity contribution is 0.396. The number of hydrogen-bond acceptors (Lipinski definition) is 2. The number of ether oxygens (including phenoxy) is 1. The zero-order valence-corrected chi connectivity index (χ0v) is 10.6. The van der Waals surface area contributed by atoms with Crippen LogP contribution in [-0.2, 0) is 0 Å². The van der Waals surface area contributed by atoms with Crippen molar-refractivity contribution < 1.29 is 4.74 Å². The number of benzene rings is 1. The van der Waals surface area contributed by atoms with Crippen molar-refractivity contribution >= 4 is 17.2 Å². The summed E-state index contributed by atoms with van der Waals surface area (Å²) in [5.74, 6) is 0.693. The van der Waals surface area contributed by atoms with Crippen LogP contribution in [0.25, 0.3) is 16.9 Å². The SMILES string of the molecule is COc1c(-c2ccccc2)nc2c(Cl)cccn12. The standard InChI is InChI=1S/C14H11ClN2O/c1-18-14-12(10-6-3-2-4-7-10)16-13-11(15)8-5-9-17(13)14/h2-9H,1H3. The molecule has 0 saturated heterocycles. The molecule has 1 aromatic carbocycles. The molecule has 90 valence electrons. The molecule has 4 heteroatoms. The monoisotopic (exact) mass is 258 g/mol. The Hall–Kier alpha value is -2.00. The first-order valence-corrected chi connectivity index (χ1v) is 5.95. The Morgan fingerprint density at radius 2 is 1.89 bits per heavy atom. The molecule has 0 spiro atoms. The second-order valence-corrected chi connectivity index (χ2v) is 4.29. The van der Waals surface area contributed by atoms with E-state index in [4.69, 9.17) is 16.3 Å². The highest BCUT2D eigenvalue weighted by atomic mass is 35.5. The van der Waals surface area contributed by atoms with Crippen molar-refractivity contribution in [2.45, 2.75) is 0 Å². The number of rotatable bonds is 2. The maximum atomic E-state index is 6.15. The first-order valence-electron chi connectivity index (χ1n) is 5.57. The van der Waals surface area contributed by atoms with E-state index < -0.39 is 0 Å². The Morgan fingerprint density at radius 3 is 2.61 bits per heavy atom. The second-order valence-electron chi connectivity index (χ2n) is 3.89. The van der Waals surface area contributed by atoms with Gasteiger partial charge in [-0.1, -0.05) is 41.9 Å². The molecule has 3 nitrogen and oxygen atoms in total. The lowest BCUT2D eigenvalue weighted by atomic mass is 10.2. The minimum Gasteiger partial charge on any atom is -0.480 e. The zero-order valence-electron chi connectivity index (χ0n) is 9.80. The van der Waals surface area contributed by atoms with E-state index in [1.165, 1.54) is 0 Å². The van der Waals surface area contributed by atoms with Crippen LogP contribution in [0.1, 0.15) is 0 Å².